The van der Waals surface area contributed by atoms with E-state index in [4.69, 9.17) is 16.0 Å². The minimum absolute atomic E-state index is 0.104. The minimum Gasteiger partial charge on any atom is -0.363 e. The second-order valence-corrected chi connectivity index (χ2v) is 3.41. The lowest BCUT2D eigenvalue weighted by Gasteiger charge is -2.20. The van der Waals surface area contributed by atoms with Gasteiger partial charge in [-0.3, -0.25) is 4.79 Å². The molecule has 1 aromatic rings. The Kier molecular flexibility index (Phi) is 2.85. The summed E-state index contributed by atoms with van der Waals surface area (Å²) in [5, 5.41) is 3.46. The molecule has 1 unspecified atom stereocenters. The van der Waals surface area contributed by atoms with Crippen molar-refractivity contribution in [2.24, 2.45) is 11.5 Å². The van der Waals surface area contributed by atoms with Crippen molar-refractivity contribution >= 4 is 5.91 Å². The second-order valence-electron chi connectivity index (χ2n) is 3.41. The summed E-state index contributed by atoms with van der Waals surface area (Å²) in [5.74, 6) is -0.445. The van der Waals surface area contributed by atoms with Gasteiger partial charge in [0.1, 0.15) is 0 Å². The molecule has 1 aromatic heterocycles. The van der Waals surface area contributed by atoms with Crippen LogP contribution in [0.1, 0.15) is 36.8 Å². The Labute approximate surface area is 81.6 Å². The lowest BCUT2D eigenvalue weighted by atomic mass is 9.88. The van der Waals surface area contributed by atoms with Crippen molar-refractivity contribution in [3.05, 3.63) is 11.7 Å². The summed E-state index contributed by atoms with van der Waals surface area (Å²) in [4.78, 5) is 14.6. The van der Waals surface area contributed by atoms with Crippen LogP contribution in [0.4, 0.5) is 0 Å². The van der Waals surface area contributed by atoms with E-state index in [0.29, 0.717) is 12.4 Å². The number of nitrogens with two attached hydrogens (primary N) is 2. The molecule has 14 heavy (non-hydrogen) atoms. The maximum atomic E-state index is 10.7. The zero-order valence-electron chi connectivity index (χ0n) is 8.28. The molecule has 1 amide bonds. The third-order valence-electron chi connectivity index (χ3n) is 2.39. The van der Waals surface area contributed by atoms with Gasteiger partial charge >= 0.3 is 0 Å². The summed E-state index contributed by atoms with van der Waals surface area (Å²) in [6, 6.07) is 0. The Morgan fingerprint density at radius 2 is 2.29 bits per heavy atom. The van der Waals surface area contributed by atoms with E-state index in [1.807, 2.05) is 13.8 Å². The van der Waals surface area contributed by atoms with Gasteiger partial charge in [0.05, 0.1) is 5.41 Å². The zero-order chi connectivity index (χ0) is 10.8. The number of nitrogens with zero attached hydrogens (tertiary/aromatic N) is 2. The SMILES string of the molecule is CCC(C)(CN)c1nc(C(N)=O)no1. The van der Waals surface area contributed by atoms with Gasteiger partial charge in [-0.05, 0) is 13.3 Å². The number of carbonyl (C=O) groups is 1. The average Bonchev–Trinajstić information content (AvgIpc) is 2.66. The Morgan fingerprint density at radius 3 is 2.64 bits per heavy atom. The minimum atomic E-state index is -0.699. The fourth-order valence-electron chi connectivity index (χ4n) is 0.952. The predicted molar refractivity (Wildman–Crippen MR) is 49.5 cm³/mol. The molecule has 1 rings (SSSR count). The van der Waals surface area contributed by atoms with E-state index in [2.05, 4.69) is 10.1 Å². The molecule has 0 aliphatic rings. The third-order valence-corrected chi connectivity index (χ3v) is 2.39. The average molecular weight is 198 g/mol. The standard InChI is InChI=1S/C8H14N4O2/c1-3-8(2,4-9)7-11-6(5(10)13)12-14-7/h3-4,9H2,1-2H3,(H2,10,13). The number of hydrogen-bond acceptors (Lipinski definition) is 5. The van der Waals surface area contributed by atoms with E-state index in [1.54, 1.807) is 0 Å². The first-order valence-electron chi connectivity index (χ1n) is 4.37. The third kappa shape index (κ3) is 1.74. The molecule has 6 heteroatoms. The number of aromatic nitrogens is 2. The topological polar surface area (TPSA) is 108 Å². The molecule has 1 atom stereocenters. The molecule has 6 nitrogen and oxygen atoms in total. The van der Waals surface area contributed by atoms with Gasteiger partial charge in [-0.1, -0.05) is 12.1 Å². The molecule has 0 bridgehead atoms. The lowest BCUT2D eigenvalue weighted by molar-refractivity contribution is 0.0987. The molecule has 0 aliphatic carbocycles. The fourth-order valence-corrected chi connectivity index (χ4v) is 0.952. The van der Waals surface area contributed by atoms with Crippen molar-refractivity contribution in [1.82, 2.24) is 10.1 Å². The van der Waals surface area contributed by atoms with E-state index in [9.17, 15) is 4.79 Å². The van der Waals surface area contributed by atoms with Crippen LogP contribution >= 0.6 is 0 Å². The maximum absolute atomic E-state index is 10.7. The normalized spacial score (nSPS) is 15.1. The first-order valence-corrected chi connectivity index (χ1v) is 4.37. The molecule has 0 saturated carbocycles. The summed E-state index contributed by atoms with van der Waals surface area (Å²) >= 11 is 0. The van der Waals surface area contributed by atoms with Gasteiger partial charge in [-0.15, -0.1) is 0 Å². The Balaban J connectivity index is 3.01. The van der Waals surface area contributed by atoms with Gasteiger partial charge in [0, 0.05) is 6.54 Å². The lowest BCUT2D eigenvalue weighted by Crippen LogP contribution is -2.31. The molecule has 0 aliphatic heterocycles. The van der Waals surface area contributed by atoms with Crippen LogP contribution in [-0.4, -0.2) is 22.6 Å². The van der Waals surface area contributed by atoms with Crippen LogP contribution in [0.25, 0.3) is 0 Å². The highest BCUT2D eigenvalue weighted by molar-refractivity contribution is 5.88. The number of carbonyl (C=O) groups excluding carboxylic acids is 1. The molecule has 0 spiro atoms. The first-order chi connectivity index (χ1) is 6.53. The van der Waals surface area contributed by atoms with Crippen molar-refractivity contribution in [3.63, 3.8) is 0 Å². The molecular formula is C8H14N4O2. The number of primary amides is 1. The van der Waals surface area contributed by atoms with Gasteiger partial charge < -0.3 is 16.0 Å². The molecule has 0 fully saturated rings. The van der Waals surface area contributed by atoms with Gasteiger partial charge in [0.2, 0.25) is 5.89 Å². The van der Waals surface area contributed by atoms with E-state index in [-0.39, 0.29) is 11.2 Å². The molecule has 78 valence electrons. The van der Waals surface area contributed by atoms with Crippen LogP contribution in [0.15, 0.2) is 4.52 Å². The Morgan fingerprint density at radius 1 is 1.64 bits per heavy atom. The van der Waals surface area contributed by atoms with Crippen molar-refractivity contribution in [2.45, 2.75) is 25.7 Å². The largest absolute Gasteiger partial charge is 0.363 e. The zero-order valence-corrected chi connectivity index (χ0v) is 8.28. The van der Waals surface area contributed by atoms with Crippen molar-refractivity contribution < 1.29 is 9.32 Å². The van der Waals surface area contributed by atoms with Crippen LogP contribution in [-0.2, 0) is 5.41 Å². The monoisotopic (exact) mass is 198 g/mol. The molecular weight excluding hydrogens is 184 g/mol. The summed E-state index contributed by atoms with van der Waals surface area (Å²) in [6.07, 6.45) is 0.754. The Bertz CT molecular complexity index is 330. The molecule has 0 aromatic carbocycles. The van der Waals surface area contributed by atoms with E-state index < -0.39 is 5.91 Å². The van der Waals surface area contributed by atoms with E-state index in [0.717, 1.165) is 6.42 Å². The second kappa shape index (κ2) is 3.75. The van der Waals surface area contributed by atoms with Gasteiger partial charge in [-0.2, -0.15) is 4.98 Å². The summed E-state index contributed by atoms with van der Waals surface area (Å²) in [5.41, 5.74) is 10.2. The quantitative estimate of drug-likeness (QED) is 0.696. The molecule has 4 N–H and O–H groups in total. The highest BCUT2D eigenvalue weighted by Gasteiger charge is 2.30. The van der Waals surface area contributed by atoms with Crippen LogP contribution in [0, 0.1) is 0 Å². The van der Waals surface area contributed by atoms with Crippen LogP contribution in [0.5, 0.6) is 0 Å². The summed E-state index contributed by atoms with van der Waals surface area (Å²) in [6.45, 7) is 4.23. The fraction of sp³-hybridized carbons (Fsp3) is 0.625. The highest BCUT2D eigenvalue weighted by Crippen LogP contribution is 2.24. The van der Waals surface area contributed by atoms with Crippen molar-refractivity contribution in [3.8, 4) is 0 Å². The summed E-state index contributed by atoms with van der Waals surface area (Å²) < 4.78 is 4.93. The number of rotatable bonds is 4. The van der Waals surface area contributed by atoms with Gasteiger partial charge in [-0.25, -0.2) is 0 Å². The van der Waals surface area contributed by atoms with Gasteiger partial charge in [0.15, 0.2) is 0 Å². The number of hydrogen-bond donors (Lipinski definition) is 2. The van der Waals surface area contributed by atoms with Crippen LogP contribution < -0.4 is 11.5 Å². The first kappa shape index (κ1) is 10.6. The summed E-state index contributed by atoms with van der Waals surface area (Å²) in [7, 11) is 0. The highest BCUT2D eigenvalue weighted by atomic mass is 16.5. The molecule has 0 radical (unpaired) electrons. The van der Waals surface area contributed by atoms with Gasteiger partial charge in [0.25, 0.3) is 11.7 Å². The molecule has 1 heterocycles. The van der Waals surface area contributed by atoms with Crippen molar-refractivity contribution in [2.75, 3.05) is 6.54 Å². The Hall–Kier alpha value is -1.43. The van der Waals surface area contributed by atoms with E-state index >= 15 is 0 Å². The predicted octanol–water partition coefficient (Wildman–Crippen LogP) is -0.205. The van der Waals surface area contributed by atoms with Crippen molar-refractivity contribution in [1.29, 1.82) is 0 Å². The maximum Gasteiger partial charge on any atom is 0.290 e. The van der Waals surface area contributed by atoms with Crippen LogP contribution in [0.2, 0.25) is 0 Å². The molecule has 0 saturated heterocycles. The van der Waals surface area contributed by atoms with E-state index in [1.165, 1.54) is 0 Å². The smallest absolute Gasteiger partial charge is 0.290 e. The number of amides is 1. The van der Waals surface area contributed by atoms with Crippen LogP contribution in [0.3, 0.4) is 0 Å².